The summed E-state index contributed by atoms with van der Waals surface area (Å²) in [6.45, 7) is 2.12. The molecule has 2 rings (SSSR count). The lowest BCUT2D eigenvalue weighted by molar-refractivity contribution is 0.0954. The summed E-state index contributed by atoms with van der Waals surface area (Å²) < 4.78 is 13.0. The topological polar surface area (TPSA) is 41.5 Å². The molecule has 0 aromatic heterocycles. The first-order chi connectivity index (χ1) is 8.66. The SMILES string of the molecule is C[C@H]1CCCC/C1=N/NC(=O)c1cccc(F)c1. The number of nitrogens with one attached hydrogen (secondary N) is 1. The highest BCUT2D eigenvalue weighted by Gasteiger charge is 2.16. The Morgan fingerprint density at radius 3 is 3.00 bits per heavy atom. The van der Waals surface area contributed by atoms with Crippen LogP contribution >= 0.6 is 0 Å². The van der Waals surface area contributed by atoms with Crippen LogP contribution in [0.25, 0.3) is 0 Å². The summed E-state index contributed by atoms with van der Waals surface area (Å²) in [6, 6.07) is 5.61. The quantitative estimate of drug-likeness (QED) is 0.803. The Hall–Kier alpha value is -1.71. The van der Waals surface area contributed by atoms with Crippen LogP contribution in [0.1, 0.15) is 43.0 Å². The first kappa shape index (κ1) is 12.7. The Labute approximate surface area is 106 Å². The molecule has 1 N–H and O–H groups in total. The van der Waals surface area contributed by atoms with Crippen LogP contribution in [0, 0.1) is 11.7 Å². The molecule has 0 saturated heterocycles. The fraction of sp³-hybridized carbons (Fsp3) is 0.429. The maximum absolute atomic E-state index is 13.0. The lowest BCUT2D eigenvalue weighted by Crippen LogP contribution is -2.24. The third-order valence-corrected chi connectivity index (χ3v) is 3.28. The molecular weight excluding hydrogens is 231 g/mol. The minimum Gasteiger partial charge on any atom is -0.267 e. The Kier molecular flexibility index (Phi) is 4.07. The molecule has 18 heavy (non-hydrogen) atoms. The molecule has 0 aliphatic heterocycles. The standard InChI is InChI=1S/C14H17FN2O/c1-10-5-2-3-8-13(10)16-17-14(18)11-6-4-7-12(15)9-11/h4,6-7,9-10H,2-3,5,8H2,1H3,(H,17,18)/b16-13-/t10-/m0/s1. The van der Waals surface area contributed by atoms with Crippen LogP contribution in [0.5, 0.6) is 0 Å². The van der Waals surface area contributed by atoms with Gasteiger partial charge in [-0.2, -0.15) is 5.10 Å². The number of amides is 1. The van der Waals surface area contributed by atoms with E-state index in [0.717, 1.165) is 25.0 Å². The number of carbonyl (C=O) groups is 1. The summed E-state index contributed by atoms with van der Waals surface area (Å²) in [6.07, 6.45) is 4.40. The van der Waals surface area contributed by atoms with Gasteiger partial charge >= 0.3 is 0 Å². The van der Waals surface area contributed by atoms with Crippen LogP contribution < -0.4 is 5.43 Å². The molecular formula is C14H17FN2O. The van der Waals surface area contributed by atoms with Crippen LogP contribution in [-0.2, 0) is 0 Å². The van der Waals surface area contributed by atoms with Crippen molar-refractivity contribution in [1.82, 2.24) is 5.43 Å². The van der Waals surface area contributed by atoms with Gasteiger partial charge in [0.05, 0.1) is 0 Å². The second kappa shape index (κ2) is 5.76. The predicted octanol–water partition coefficient (Wildman–Crippen LogP) is 3.12. The number of carbonyl (C=O) groups excluding carboxylic acids is 1. The maximum atomic E-state index is 13.0. The molecule has 0 unspecified atom stereocenters. The van der Waals surface area contributed by atoms with Crippen molar-refractivity contribution in [2.24, 2.45) is 11.0 Å². The molecule has 1 aromatic carbocycles. The molecule has 1 amide bonds. The van der Waals surface area contributed by atoms with Crippen molar-refractivity contribution < 1.29 is 9.18 Å². The van der Waals surface area contributed by atoms with Gasteiger partial charge in [0.15, 0.2) is 0 Å². The van der Waals surface area contributed by atoms with E-state index in [0.29, 0.717) is 11.5 Å². The van der Waals surface area contributed by atoms with Crippen molar-refractivity contribution in [3.63, 3.8) is 0 Å². The number of rotatable bonds is 2. The van der Waals surface area contributed by atoms with Crippen LogP contribution in [0.2, 0.25) is 0 Å². The van der Waals surface area contributed by atoms with E-state index in [1.807, 2.05) is 0 Å². The first-order valence-electron chi connectivity index (χ1n) is 6.29. The van der Waals surface area contributed by atoms with E-state index >= 15 is 0 Å². The van der Waals surface area contributed by atoms with E-state index in [1.165, 1.54) is 24.6 Å². The number of nitrogens with zero attached hydrogens (tertiary/aromatic N) is 1. The average molecular weight is 248 g/mol. The fourth-order valence-electron chi connectivity index (χ4n) is 2.15. The highest BCUT2D eigenvalue weighted by Crippen LogP contribution is 2.20. The van der Waals surface area contributed by atoms with Crippen molar-refractivity contribution in [3.8, 4) is 0 Å². The predicted molar refractivity (Wildman–Crippen MR) is 68.9 cm³/mol. The van der Waals surface area contributed by atoms with E-state index in [4.69, 9.17) is 0 Å². The van der Waals surface area contributed by atoms with Crippen molar-refractivity contribution in [3.05, 3.63) is 35.6 Å². The van der Waals surface area contributed by atoms with Crippen LogP contribution in [-0.4, -0.2) is 11.6 Å². The van der Waals surface area contributed by atoms with Crippen molar-refractivity contribution in [2.75, 3.05) is 0 Å². The van der Waals surface area contributed by atoms with Gasteiger partial charge in [0.2, 0.25) is 0 Å². The van der Waals surface area contributed by atoms with Gasteiger partial charge in [0, 0.05) is 11.3 Å². The summed E-state index contributed by atoms with van der Waals surface area (Å²) >= 11 is 0. The van der Waals surface area contributed by atoms with Gasteiger partial charge in [0.25, 0.3) is 5.91 Å². The number of hydrazone groups is 1. The zero-order valence-corrected chi connectivity index (χ0v) is 10.4. The molecule has 0 radical (unpaired) electrons. The van der Waals surface area contributed by atoms with E-state index in [9.17, 15) is 9.18 Å². The molecule has 4 heteroatoms. The van der Waals surface area contributed by atoms with Crippen molar-refractivity contribution in [1.29, 1.82) is 0 Å². The van der Waals surface area contributed by atoms with Crippen molar-refractivity contribution >= 4 is 11.6 Å². The first-order valence-corrected chi connectivity index (χ1v) is 6.29. The summed E-state index contributed by atoms with van der Waals surface area (Å²) in [5, 5.41) is 4.16. The van der Waals surface area contributed by atoms with Gasteiger partial charge in [-0.1, -0.05) is 19.4 Å². The Balaban J connectivity index is 2.01. The smallest absolute Gasteiger partial charge is 0.267 e. The largest absolute Gasteiger partial charge is 0.271 e. The molecule has 1 atom stereocenters. The van der Waals surface area contributed by atoms with Gasteiger partial charge in [-0.25, -0.2) is 9.82 Å². The Bertz CT molecular complexity index is 471. The molecule has 1 saturated carbocycles. The Morgan fingerprint density at radius 2 is 2.28 bits per heavy atom. The highest BCUT2D eigenvalue weighted by atomic mass is 19.1. The van der Waals surface area contributed by atoms with Crippen molar-refractivity contribution in [2.45, 2.75) is 32.6 Å². The third kappa shape index (κ3) is 3.15. The van der Waals surface area contributed by atoms with Crippen LogP contribution in [0.15, 0.2) is 29.4 Å². The van der Waals surface area contributed by atoms with Gasteiger partial charge in [0.1, 0.15) is 5.82 Å². The molecule has 1 aromatic rings. The number of hydrogen-bond donors (Lipinski definition) is 1. The molecule has 96 valence electrons. The molecule has 0 bridgehead atoms. The van der Waals surface area contributed by atoms with Gasteiger partial charge in [-0.15, -0.1) is 0 Å². The van der Waals surface area contributed by atoms with E-state index in [2.05, 4.69) is 17.5 Å². The van der Waals surface area contributed by atoms with Crippen LogP contribution in [0.3, 0.4) is 0 Å². The monoisotopic (exact) mass is 248 g/mol. The Morgan fingerprint density at radius 1 is 1.44 bits per heavy atom. The summed E-state index contributed by atoms with van der Waals surface area (Å²) in [5.41, 5.74) is 3.84. The number of hydrogen-bond acceptors (Lipinski definition) is 2. The van der Waals surface area contributed by atoms with Gasteiger partial charge < -0.3 is 0 Å². The normalized spacial score (nSPS) is 21.9. The molecule has 1 fully saturated rings. The number of benzene rings is 1. The zero-order valence-electron chi connectivity index (χ0n) is 10.4. The third-order valence-electron chi connectivity index (χ3n) is 3.28. The molecule has 0 heterocycles. The maximum Gasteiger partial charge on any atom is 0.271 e. The minimum atomic E-state index is -0.415. The second-order valence-corrected chi connectivity index (χ2v) is 4.70. The lowest BCUT2D eigenvalue weighted by Gasteiger charge is -2.19. The van der Waals surface area contributed by atoms with E-state index < -0.39 is 5.82 Å². The van der Waals surface area contributed by atoms with E-state index in [-0.39, 0.29) is 5.91 Å². The molecule has 1 aliphatic rings. The summed E-state index contributed by atoms with van der Waals surface area (Å²) in [4.78, 5) is 11.8. The van der Waals surface area contributed by atoms with Crippen LogP contribution in [0.4, 0.5) is 4.39 Å². The van der Waals surface area contributed by atoms with Gasteiger partial charge in [-0.05, 0) is 43.4 Å². The summed E-state index contributed by atoms with van der Waals surface area (Å²) in [7, 11) is 0. The van der Waals surface area contributed by atoms with Gasteiger partial charge in [-0.3, -0.25) is 4.79 Å². The second-order valence-electron chi connectivity index (χ2n) is 4.70. The zero-order chi connectivity index (χ0) is 13.0. The number of halogens is 1. The molecule has 1 aliphatic carbocycles. The highest BCUT2D eigenvalue weighted by molar-refractivity contribution is 5.95. The fourth-order valence-corrected chi connectivity index (χ4v) is 2.15. The minimum absolute atomic E-state index is 0.294. The summed E-state index contributed by atoms with van der Waals surface area (Å²) in [5.74, 6) is -0.354. The molecule has 0 spiro atoms. The van der Waals surface area contributed by atoms with E-state index in [1.54, 1.807) is 6.07 Å². The average Bonchev–Trinajstić information content (AvgIpc) is 2.37. The molecule has 3 nitrogen and oxygen atoms in total. The lowest BCUT2D eigenvalue weighted by atomic mass is 9.89.